The third-order valence-electron chi connectivity index (χ3n) is 4.27. The summed E-state index contributed by atoms with van der Waals surface area (Å²) in [7, 11) is 0. The number of nitrogens with zero attached hydrogens (tertiary/aromatic N) is 4. The van der Waals surface area contributed by atoms with Gasteiger partial charge in [-0.3, -0.25) is 0 Å². The van der Waals surface area contributed by atoms with E-state index in [-0.39, 0.29) is 0 Å². The molecule has 5 nitrogen and oxygen atoms in total. The van der Waals surface area contributed by atoms with Gasteiger partial charge in [-0.25, -0.2) is 14.5 Å². The number of halogens is 1. The molecule has 5 rings (SSSR count). The third kappa shape index (κ3) is 2.68. The SMILES string of the molecule is Brc1ccc2cc(OCc3nc4c5ccccc5ncn4n3)ccc2c1. The number of ether oxygens (including phenoxy) is 1. The molecule has 0 aliphatic rings. The van der Waals surface area contributed by atoms with Crippen molar-refractivity contribution in [2.45, 2.75) is 6.61 Å². The maximum atomic E-state index is 5.90. The zero-order valence-electron chi connectivity index (χ0n) is 13.6. The van der Waals surface area contributed by atoms with Crippen molar-refractivity contribution < 1.29 is 4.74 Å². The van der Waals surface area contributed by atoms with Gasteiger partial charge in [0.2, 0.25) is 0 Å². The Labute approximate surface area is 157 Å². The minimum atomic E-state index is 0.304. The minimum absolute atomic E-state index is 0.304. The lowest BCUT2D eigenvalue weighted by atomic mass is 10.1. The van der Waals surface area contributed by atoms with Gasteiger partial charge < -0.3 is 4.74 Å². The van der Waals surface area contributed by atoms with Gasteiger partial charge in [0.15, 0.2) is 11.5 Å². The molecule has 0 radical (unpaired) electrons. The van der Waals surface area contributed by atoms with Crippen LogP contribution in [0.25, 0.3) is 27.3 Å². The highest BCUT2D eigenvalue weighted by molar-refractivity contribution is 9.10. The fourth-order valence-electron chi connectivity index (χ4n) is 3.02. The van der Waals surface area contributed by atoms with Crippen LogP contribution in [0, 0.1) is 0 Å². The van der Waals surface area contributed by atoms with Gasteiger partial charge in [-0.2, -0.15) is 0 Å². The number of hydrogen-bond donors (Lipinski definition) is 0. The van der Waals surface area contributed by atoms with Crippen LogP contribution in [-0.4, -0.2) is 19.6 Å². The summed E-state index contributed by atoms with van der Waals surface area (Å²) in [5.41, 5.74) is 1.69. The van der Waals surface area contributed by atoms with Crippen molar-refractivity contribution in [3.05, 3.63) is 77.3 Å². The first-order valence-electron chi connectivity index (χ1n) is 8.17. The van der Waals surface area contributed by atoms with Crippen molar-refractivity contribution in [2.24, 2.45) is 0 Å². The molecule has 0 saturated heterocycles. The van der Waals surface area contributed by atoms with Crippen molar-refractivity contribution in [1.82, 2.24) is 19.6 Å². The van der Waals surface area contributed by atoms with Crippen molar-refractivity contribution in [3.8, 4) is 5.75 Å². The molecule has 2 aromatic heterocycles. The van der Waals surface area contributed by atoms with Crippen LogP contribution in [0.15, 0.2) is 71.5 Å². The number of benzene rings is 3. The number of para-hydroxylation sites is 1. The Morgan fingerprint density at radius 1 is 0.962 bits per heavy atom. The van der Waals surface area contributed by atoms with Crippen LogP contribution in [0.1, 0.15) is 5.82 Å². The van der Waals surface area contributed by atoms with Crippen LogP contribution in [-0.2, 0) is 6.61 Å². The topological polar surface area (TPSA) is 52.3 Å². The van der Waals surface area contributed by atoms with E-state index in [0.717, 1.165) is 37.5 Å². The molecule has 0 fully saturated rings. The smallest absolute Gasteiger partial charge is 0.189 e. The highest BCUT2D eigenvalue weighted by atomic mass is 79.9. The Morgan fingerprint density at radius 2 is 1.81 bits per heavy atom. The van der Waals surface area contributed by atoms with Crippen LogP contribution in [0.5, 0.6) is 5.75 Å². The quantitative estimate of drug-likeness (QED) is 0.434. The molecule has 6 heteroatoms. The summed E-state index contributed by atoms with van der Waals surface area (Å²) < 4.78 is 8.66. The average Bonchev–Trinajstić information content (AvgIpc) is 3.10. The average molecular weight is 405 g/mol. The van der Waals surface area contributed by atoms with Gasteiger partial charge in [0, 0.05) is 9.86 Å². The summed E-state index contributed by atoms with van der Waals surface area (Å²) in [4.78, 5) is 9.01. The van der Waals surface area contributed by atoms with Gasteiger partial charge in [-0.15, -0.1) is 5.10 Å². The molecule has 0 saturated carbocycles. The summed E-state index contributed by atoms with van der Waals surface area (Å²) in [6.07, 6.45) is 1.68. The predicted octanol–water partition coefficient (Wildman–Crippen LogP) is 4.77. The van der Waals surface area contributed by atoms with Crippen LogP contribution in [0.2, 0.25) is 0 Å². The molecule has 0 aliphatic carbocycles. The van der Waals surface area contributed by atoms with Crippen molar-refractivity contribution in [1.29, 1.82) is 0 Å². The number of rotatable bonds is 3. The molecule has 0 amide bonds. The Hall–Kier alpha value is -2.99. The molecule has 0 atom stereocenters. The lowest BCUT2D eigenvalue weighted by Gasteiger charge is -2.05. The number of fused-ring (bicyclic) bond motifs is 4. The van der Waals surface area contributed by atoms with E-state index in [1.54, 1.807) is 10.8 Å². The van der Waals surface area contributed by atoms with E-state index >= 15 is 0 Å². The normalized spacial score (nSPS) is 11.4. The van der Waals surface area contributed by atoms with Gasteiger partial charge in [0.25, 0.3) is 0 Å². The molecule has 0 N–H and O–H groups in total. The van der Waals surface area contributed by atoms with Gasteiger partial charge in [0.1, 0.15) is 18.7 Å². The van der Waals surface area contributed by atoms with Crippen LogP contribution >= 0.6 is 15.9 Å². The molecule has 0 spiro atoms. The number of hydrogen-bond acceptors (Lipinski definition) is 4. The van der Waals surface area contributed by atoms with Gasteiger partial charge >= 0.3 is 0 Å². The van der Waals surface area contributed by atoms with E-state index in [9.17, 15) is 0 Å². The first-order chi connectivity index (χ1) is 12.8. The van der Waals surface area contributed by atoms with Crippen molar-refractivity contribution in [3.63, 3.8) is 0 Å². The molecule has 0 aliphatic heterocycles. The Balaban J connectivity index is 1.44. The van der Waals surface area contributed by atoms with E-state index in [1.807, 2.05) is 48.5 Å². The first kappa shape index (κ1) is 15.3. The zero-order valence-corrected chi connectivity index (χ0v) is 15.2. The van der Waals surface area contributed by atoms with E-state index in [2.05, 4.69) is 43.1 Å². The summed E-state index contributed by atoms with van der Waals surface area (Å²) >= 11 is 3.49. The second-order valence-electron chi connectivity index (χ2n) is 6.00. The molecule has 0 bridgehead atoms. The lowest BCUT2D eigenvalue weighted by Crippen LogP contribution is -1.98. The second-order valence-corrected chi connectivity index (χ2v) is 6.92. The van der Waals surface area contributed by atoms with Crippen LogP contribution < -0.4 is 4.74 Å². The Bertz CT molecular complexity index is 1260. The molecule has 3 aromatic carbocycles. The molecule has 126 valence electrons. The van der Waals surface area contributed by atoms with E-state index in [4.69, 9.17) is 4.74 Å². The van der Waals surface area contributed by atoms with E-state index in [1.165, 1.54) is 0 Å². The Kier molecular flexibility index (Phi) is 3.57. The first-order valence-corrected chi connectivity index (χ1v) is 8.97. The van der Waals surface area contributed by atoms with Gasteiger partial charge in [0.05, 0.1) is 5.52 Å². The lowest BCUT2D eigenvalue weighted by molar-refractivity contribution is 0.296. The summed E-state index contributed by atoms with van der Waals surface area (Å²) in [6, 6.07) is 20.1. The monoisotopic (exact) mass is 404 g/mol. The van der Waals surface area contributed by atoms with Crippen LogP contribution in [0.3, 0.4) is 0 Å². The second kappa shape index (κ2) is 6.07. The predicted molar refractivity (Wildman–Crippen MR) is 104 cm³/mol. The fourth-order valence-corrected chi connectivity index (χ4v) is 3.40. The molecular weight excluding hydrogens is 392 g/mol. The van der Waals surface area contributed by atoms with Crippen molar-refractivity contribution >= 4 is 43.3 Å². The fraction of sp³-hybridized carbons (Fsp3) is 0.0500. The summed E-state index contributed by atoms with van der Waals surface area (Å²) in [5, 5.41) is 7.73. The minimum Gasteiger partial charge on any atom is -0.486 e. The standard InChI is InChI=1S/C20H13BrN4O/c21-15-7-5-14-10-16(8-6-13(14)9-15)26-11-19-23-20-17-3-1-2-4-18(17)22-12-25(20)24-19/h1-10,12H,11H2. The van der Waals surface area contributed by atoms with E-state index < -0.39 is 0 Å². The van der Waals surface area contributed by atoms with E-state index in [0.29, 0.717) is 12.4 Å². The van der Waals surface area contributed by atoms with Crippen molar-refractivity contribution in [2.75, 3.05) is 0 Å². The maximum absolute atomic E-state index is 5.90. The highest BCUT2D eigenvalue weighted by Gasteiger charge is 2.09. The summed E-state index contributed by atoms with van der Waals surface area (Å²) in [6.45, 7) is 0.304. The molecule has 26 heavy (non-hydrogen) atoms. The zero-order chi connectivity index (χ0) is 17.5. The maximum Gasteiger partial charge on any atom is 0.189 e. The highest BCUT2D eigenvalue weighted by Crippen LogP contribution is 2.24. The molecule has 0 unspecified atom stereocenters. The van der Waals surface area contributed by atoms with Crippen LogP contribution in [0.4, 0.5) is 0 Å². The van der Waals surface area contributed by atoms with Gasteiger partial charge in [-0.05, 0) is 47.2 Å². The Morgan fingerprint density at radius 3 is 2.77 bits per heavy atom. The molecule has 5 aromatic rings. The molecule has 2 heterocycles. The molecular formula is C20H13BrN4O. The van der Waals surface area contributed by atoms with Gasteiger partial charge in [-0.1, -0.05) is 40.2 Å². The number of aromatic nitrogens is 4. The summed E-state index contributed by atoms with van der Waals surface area (Å²) in [5.74, 6) is 1.42. The third-order valence-corrected chi connectivity index (χ3v) is 4.76. The largest absolute Gasteiger partial charge is 0.486 e.